The SMILES string of the molecule is Cc1cccc2c1ccc1c3c(ccc12)C1CCCC[C@]1(C)CC3. The van der Waals surface area contributed by atoms with Gasteiger partial charge in [-0.15, -0.1) is 0 Å². The molecule has 0 heterocycles. The van der Waals surface area contributed by atoms with Crippen molar-refractivity contribution in [1.82, 2.24) is 0 Å². The molecule has 1 unspecified atom stereocenters. The molecule has 0 aliphatic heterocycles. The summed E-state index contributed by atoms with van der Waals surface area (Å²) in [6, 6.07) is 16.4. The van der Waals surface area contributed by atoms with E-state index >= 15 is 0 Å². The van der Waals surface area contributed by atoms with E-state index < -0.39 is 0 Å². The summed E-state index contributed by atoms with van der Waals surface area (Å²) in [6.45, 7) is 4.77. The molecule has 24 heavy (non-hydrogen) atoms. The van der Waals surface area contributed by atoms with Crippen LogP contribution in [0.2, 0.25) is 0 Å². The van der Waals surface area contributed by atoms with E-state index in [4.69, 9.17) is 0 Å². The first-order valence-electron chi connectivity index (χ1n) is 9.61. The molecule has 122 valence electrons. The largest absolute Gasteiger partial charge is 0.0613 e. The van der Waals surface area contributed by atoms with Crippen LogP contribution in [0.4, 0.5) is 0 Å². The van der Waals surface area contributed by atoms with Crippen LogP contribution in [0.3, 0.4) is 0 Å². The van der Waals surface area contributed by atoms with Crippen molar-refractivity contribution < 1.29 is 0 Å². The second kappa shape index (κ2) is 5.09. The van der Waals surface area contributed by atoms with E-state index in [9.17, 15) is 0 Å². The van der Waals surface area contributed by atoms with Crippen LogP contribution in [-0.4, -0.2) is 0 Å². The molecule has 0 radical (unpaired) electrons. The monoisotopic (exact) mass is 314 g/mol. The lowest BCUT2D eigenvalue weighted by molar-refractivity contribution is 0.148. The van der Waals surface area contributed by atoms with Crippen LogP contribution in [0.25, 0.3) is 21.5 Å². The van der Waals surface area contributed by atoms with Crippen LogP contribution in [0.1, 0.15) is 61.6 Å². The first-order chi connectivity index (χ1) is 11.7. The van der Waals surface area contributed by atoms with Crippen LogP contribution >= 0.6 is 0 Å². The van der Waals surface area contributed by atoms with Gasteiger partial charge in [0.15, 0.2) is 0 Å². The van der Waals surface area contributed by atoms with Crippen molar-refractivity contribution >= 4 is 21.5 Å². The van der Waals surface area contributed by atoms with Crippen molar-refractivity contribution in [2.24, 2.45) is 5.41 Å². The van der Waals surface area contributed by atoms with Gasteiger partial charge in [-0.1, -0.05) is 62.2 Å². The summed E-state index contributed by atoms with van der Waals surface area (Å²) >= 11 is 0. The molecule has 0 bridgehead atoms. The summed E-state index contributed by atoms with van der Waals surface area (Å²) in [5, 5.41) is 5.79. The van der Waals surface area contributed by atoms with Crippen molar-refractivity contribution in [3.63, 3.8) is 0 Å². The third kappa shape index (κ3) is 1.92. The highest BCUT2D eigenvalue weighted by Crippen LogP contribution is 2.54. The highest BCUT2D eigenvalue weighted by Gasteiger charge is 2.41. The molecule has 2 aliphatic rings. The molecule has 1 saturated carbocycles. The smallest absolute Gasteiger partial charge is 0.0102 e. The minimum atomic E-state index is 0.548. The Morgan fingerprint density at radius 2 is 1.62 bits per heavy atom. The van der Waals surface area contributed by atoms with Gasteiger partial charge in [-0.05, 0) is 82.2 Å². The van der Waals surface area contributed by atoms with E-state index in [0.717, 1.165) is 5.92 Å². The van der Waals surface area contributed by atoms with Gasteiger partial charge in [-0.3, -0.25) is 0 Å². The summed E-state index contributed by atoms with van der Waals surface area (Å²) in [5.41, 5.74) is 5.25. The Morgan fingerprint density at radius 1 is 0.833 bits per heavy atom. The van der Waals surface area contributed by atoms with Gasteiger partial charge in [-0.2, -0.15) is 0 Å². The zero-order chi connectivity index (χ0) is 16.3. The Hall–Kier alpha value is -1.82. The zero-order valence-electron chi connectivity index (χ0n) is 14.9. The fourth-order valence-electron chi connectivity index (χ4n) is 5.66. The van der Waals surface area contributed by atoms with Gasteiger partial charge < -0.3 is 0 Å². The molecule has 0 saturated heterocycles. The molecule has 2 atom stereocenters. The van der Waals surface area contributed by atoms with Crippen LogP contribution in [0.15, 0.2) is 42.5 Å². The first kappa shape index (κ1) is 14.5. The van der Waals surface area contributed by atoms with Gasteiger partial charge in [0.05, 0.1) is 0 Å². The molecule has 0 nitrogen and oxygen atoms in total. The highest BCUT2D eigenvalue weighted by molar-refractivity contribution is 6.09. The van der Waals surface area contributed by atoms with Crippen LogP contribution in [0.5, 0.6) is 0 Å². The minimum absolute atomic E-state index is 0.548. The van der Waals surface area contributed by atoms with Crippen LogP contribution in [-0.2, 0) is 6.42 Å². The van der Waals surface area contributed by atoms with Gasteiger partial charge in [0.2, 0.25) is 0 Å². The summed E-state index contributed by atoms with van der Waals surface area (Å²) in [7, 11) is 0. The Kier molecular flexibility index (Phi) is 3.08. The number of hydrogen-bond donors (Lipinski definition) is 0. The van der Waals surface area contributed by atoms with Crippen LogP contribution in [0, 0.1) is 12.3 Å². The Bertz CT molecular complexity index is 949. The molecule has 5 rings (SSSR count). The van der Waals surface area contributed by atoms with E-state index in [-0.39, 0.29) is 0 Å². The average molecular weight is 314 g/mol. The summed E-state index contributed by atoms with van der Waals surface area (Å²) in [6.07, 6.45) is 8.29. The average Bonchev–Trinajstić information content (AvgIpc) is 2.60. The number of aryl methyl sites for hydroxylation is 2. The third-order valence-corrected chi connectivity index (χ3v) is 7.08. The molecular weight excluding hydrogens is 288 g/mol. The molecule has 1 fully saturated rings. The summed E-state index contributed by atoms with van der Waals surface area (Å²) < 4.78 is 0. The highest BCUT2D eigenvalue weighted by atomic mass is 14.5. The molecule has 2 aliphatic carbocycles. The normalized spacial score (nSPS) is 26.3. The lowest BCUT2D eigenvalue weighted by Crippen LogP contribution is -2.33. The Labute approximate surface area is 144 Å². The first-order valence-corrected chi connectivity index (χ1v) is 9.61. The molecule has 0 spiro atoms. The minimum Gasteiger partial charge on any atom is -0.0613 e. The maximum atomic E-state index is 2.55. The van der Waals surface area contributed by atoms with Gasteiger partial charge >= 0.3 is 0 Å². The Balaban J connectivity index is 1.78. The van der Waals surface area contributed by atoms with E-state index in [1.54, 1.807) is 11.1 Å². The van der Waals surface area contributed by atoms with Crippen molar-refractivity contribution in [1.29, 1.82) is 0 Å². The van der Waals surface area contributed by atoms with E-state index in [1.807, 2.05) is 0 Å². The molecule has 3 aromatic carbocycles. The standard InChI is InChI=1S/C24H26/c1-16-6-5-7-18-17(16)9-10-20-19(18)11-12-22-21(20)13-15-24(2)14-4-3-8-23(22)24/h5-7,9-12,23H,3-4,8,13-15H2,1-2H3/t23?,24-/m1/s1. The lowest BCUT2D eigenvalue weighted by atomic mass is 9.58. The van der Waals surface area contributed by atoms with Crippen molar-refractivity contribution in [2.75, 3.05) is 0 Å². The quantitative estimate of drug-likeness (QED) is 0.395. The molecular formula is C24H26. The number of benzene rings is 3. The van der Waals surface area contributed by atoms with E-state index in [1.165, 1.54) is 65.6 Å². The predicted molar refractivity (Wildman–Crippen MR) is 104 cm³/mol. The summed E-state index contributed by atoms with van der Waals surface area (Å²) in [5.74, 6) is 0.785. The maximum Gasteiger partial charge on any atom is -0.0102 e. The molecule has 0 heteroatoms. The Morgan fingerprint density at radius 3 is 2.54 bits per heavy atom. The topological polar surface area (TPSA) is 0 Å². The number of rotatable bonds is 0. The molecule has 0 amide bonds. The fourth-order valence-corrected chi connectivity index (χ4v) is 5.66. The van der Waals surface area contributed by atoms with Gasteiger partial charge in [0.25, 0.3) is 0 Å². The fraction of sp³-hybridized carbons (Fsp3) is 0.417. The zero-order valence-corrected chi connectivity index (χ0v) is 14.9. The van der Waals surface area contributed by atoms with Crippen LogP contribution < -0.4 is 0 Å². The maximum absolute atomic E-state index is 2.55. The second-order valence-corrected chi connectivity index (χ2v) is 8.42. The van der Waals surface area contributed by atoms with E-state index in [2.05, 4.69) is 56.3 Å². The lowest BCUT2D eigenvalue weighted by Gasteiger charge is -2.46. The van der Waals surface area contributed by atoms with Crippen molar-refractivity contribution in [3.05, 3.63) is 59.2 Å². The summed E-state index contributed by atoms with van der Waals surface area (Å²) in [4.78, 5) is 0. The third-order valence-electron chi connectivity index (χ3n) is 7.08. The number of fused-ring (bicyclic) bond motifs is 7. The van der Waals surface area contributed by atoms with Crippen molar-refractivity contribution in [3.8, 4) is 0 Å². The van der Waals surface area contributed by atoms with Gasteiger partial charge in [0, 0.05) is 0 Å². The number of hydrogen-bond acceptors (Lipinski definition) is 0. The predicted octanol–water partition coefficient (Wildman–Crippen LogP) is 6.91. The van der Waals surface area contributed by atoms with Gasteiger partial charge in [0.1, 0.15) is 0 Å². The van der Waals surface area contributed by atoms with Crippen molar-refractivity contribution in [2.45, 2.75) is 58.3 Å². The molecule has 3 aromatic rings. The molecule has 0 aromatic heterocycles. The molecule has 0 N–H and O–H groups in total. The van der Waals surface area contributed by atoms with E-state index in [0.29, 0.717) is 5.41 Å². The van der Waals surface area contributed by atoms with Gasteiger partial charge in [-0.25, -0.2) is 0 Å². The second-order valence-electron chi connectivity index (χ2n) is 8.42.